The van der Waals surface area contributed by atoms with Crippen LogP contribution in [-0.4, -0.2) is 34.7 Å². The summed E-state index contributed by atoms with van der Waals surface area (Å²) in [6.45, 7) is 0.197. The fraction of sp³-hybridized carbons (Fsp3) is 0.750. The quantitative estimate of drug-likeness (QED) is 0.241. The third-order valence-corrected chi connectivity index (χ3v) is 2.08. The van der Waals surface area contributed by atoms with Gasteiger partial charge >= 0.3 is 11.9 Å². The van der Waals surface area contributed by atoms with E-state index in [1.807, 2.05) is 0 Å². The van der Waals surface area contributed by atoms with Crippen molar-refractivity contribution in [1.82, 2.24) is 0 Å². The summed E-state index contributed by atoms with van der Waals surface area (Å²) in [5, 5.41) is 20.6. The van der Waals surface area contributed by atoms with Crippen molar-refractivity contribution in [3.8, 4) is 0 Å². The summed E-state index contributed by atoms with van der Waals surface area (Å²) in [7, 11) is 0. The van der Waals surface area contributed by atoms with Crippen molar-refractivity contribution in [2.75, 3.05) is 6.54 Å². The van der Waals surface area contributed by atoms with Crippen molar-refractivity contribution in [2.45, 2.75) is 25.3 Å². The molecule has 0 fully saturated rings. The van der Waals surface area contributed by atoms with E-state index in [9.17, 15) is 9.59 Å². The Bertz CT molecular complexity index is 300. The minimum Gasteiger partial charge on any atom is -0.481 e. The number of hydrogen-bond donors (Lipinski definition) is 3. The standard InChI is InChI=1S/C8H14N4O4/c9-6(8(15)16)4-5(7(13)14)2-1-3-11-12-10/h5-6H,1-4,9H2,(H,13,14)(H,15,16)/t5?,6-/m1/s1. The molecule has 8 heteroatoms. The van der Waals surface area contributed by atoms with E-state index in [0.717, 1.165) is 0 Å². The average molecular weight is 230 g/mol. The molecule has 0 aliphatic carbocycles. The second-order valence-corrected chi connectivity index (χ2v) is 3.31. The van der Waals surface area contributed by atoms with Crippen LogP contribution in [0.1, 0.15) is 19.3 Å². The van der Waals surface area contributed by atoms with E-state index in [0.29, 0.717) is 6.42 Å². The molecule has 0 aromatic carbocycles. The molecule has 0 rings (SSSR count). The van der Waals surface area contributed by atoms with Crippen LogP contribution in [0.2, 0.25) is 0 Å². The number of aliphatic carboxylic acids is 2. The van der Waals surface area contributed by atoms with Gasteiger partial charge in [0.05, 0.1) is 5.92 Å². The Hall–Kier alpha value is -1.79. The van der Waals surface area contributed by atoms with Gasteiger partial charge in [0.15, 0.2) is 0 Å². The largest absolute Gasteiger partial charge is 0.481 e. The molecule has 0 bridgehead atoms. The molecule has 1 unspecified atom stereocenters. The highest BCUT2D eigenvalue weighted by Gasteiger charge is 2.23. The summed E-state index contributed by atoms with van der Waals surface area (Å²) in [6.07, 6.45) is 0.517. The third-order valence-electron chi connectivity index (χ3n) is 2.08. The van der Waals surface area contributed by atoms with Gasteiger partial charge in [-0.25, -0.2) is 0 Å². The Kier molecular flexibility index (Phi) is 6.66. The van der Waals surface area contributed by atoms with Crippen LogP contribution < -0.4 is 5.73 Å². The Balaban J connectivity index is 4.12. The summed E-state index contributed by atoms with van der Waals surface area (Å²) < 4.78 is 0. The molecule has 0 amide bonds. The van der Waals surface area contributed by atoms with Crippen molar-refractivity contribution in [1.29, 1.82) is 0 Å². The van der Waals surface area contributed by atoms with E-state index < -0.39 is 23.9 Å². The zero-order valence-corrected chi connectivity index (χ0v) is 8.61. The van der Waals surface area contributed by atoms with Gasteiger partial charge in [-0.15, -0.1) is 0 Å². The number of nitrogens with two attached hydrogens (primary N) is 1. The van der Waals surface area contributed by atoms with Crippen molar-refractivity contribution in [3.05, 3.63) is 10.4 Å². The van der Waals surface area contributed by atoms with Crippen molar-refractivity contribution < 1.29 is 19.8 Å². The minimum atomic E-state index is -1.22. The van der Waals surface area contributed by atoms with E-state index in [1.165, 1.54) is 0 Å². The van der Waals surface area contributed by atoms with Crippen molar-refractivity contribution in [2.24, 2.45) is 16.8 Å². The van der Waals surface area contributed by atoms with E-state index in [2.05, 4.69) is 10.0 Å². The fourth-order valence-corrected chi connectivity index (χ4v) is 1.20. The van der Waals surface area contributed by atoms with Crippen LogP contribution in [-0.2, 0) is 9.59 Å². The van der Waals surface area contributed by atoms with Crippen LogP contribution in [0.5, 0.6) is 0 Å². The van der Waals surface area contributed by atoms with Crippen molar-refractivity contribution >= 4 is 11.9 Å². The first-order valence-electron chi connectivity index (χ1n) is 4.71. The molecule has 0 heterocycles. The highest BCUT2D eigenvalue weighted by atomic mass is 16.4. The van der Waals surface area contributed by atoms with Crippen LogP contribution in [0.15, 0.2) is 5.11 Å². The predicted octanol–water partition coefficient (Wildman–Crippen LogP) is 0.580. The number of carboxylic acid groups (broad SMARTS) is 2. The Morgan fingerprint density at radius 2 is 2.00 bits per heavy atom. The van der Waals surface area contributed by atoms with Gasteiger partial charge in [0.2, 0.25) is 0 Å². The van der Waals surface area contributed by atoms with E-state index in [1.54, 1.807) is 0 Å². The zero-order chi connectivity index (χ0) is 12.6. The van der Waals surface area contributed by atoms with Gasteiger partial charge in [-0.05, 0) is 24.8 Å². The maximum atomic E-state index is 10.8. The maximum absolute atomic E-state index is 10.8. The highest BCUT2D eigenvalue weighted by molar-refractivity contribution is 5.75. The van der Waals surface area contributed by atoms with Crippen LogP contribution in [0.4, 0.5) is 0 Å². The number of carbonyl (C=O) groups is 2. The smallest absolute Gasteiger partial charge is 0.320 e. The number of nitrogens with zero attached hydrogens (tertiary/aromatic N) is 3. The lowest BCUT2D eigenvalue weighted by atomic mass is 9.95. The summed E-state index contributed by atoms with van der Waals surface area (Å²) >= 11 is 0. The second-order valence-electron chi connectivity index (χ2n) is 3.31. The molecule has 0 aliphatic heterocycles. The normalized spacial score (nSPS) is 13.6. The number of carboxylic acids is 2. The zero-order valence-electron chi connectivity index (χ0n) is 8.61. The third kappa shape index (κ3) is 5.84. The van der Waals surface area contributed by atoms with Gasteiger partial charge < -0.3 is 15.9 Å². The van der Waals surface area contributed by atoms with Crippen LogP contribution in [0.25, 0.3) is 10.4 Å². The minimum absolute atomic E-state index is 0.124. The van der Waals surface area contributed by atoms with Crippen LogP contribution in [0, 0.1) is 5.92 Å². The fourth-order valence-electron chi connectivity index (χ4n) is 1.20. The molecule has 0 aromatic rings. The van der Waals surface area contributed by atoms with E-state index in [-0.39, 0.29) is 19.4 Å². The molecular formula is C8H14N4O4. The van der Waals surface area contributed by atoms with Gasteiger partial charge in [0.25, 0.3) is 0 Å². The molecule has 0 spiro atoms. The van der Waals surface area contributed by atoms with Gasteiger partial charge in [-0.3, -0.25) is 9.59 Å². The lowest BCUT2D eigenvalue weighted by Crippen LogP contribution is -2.34. The van der Waals surface area contributed by atoms with E-state index >= 15 is 0 Å². The average Bonchev–Trinajstić information content (AvgIpc) is 2.21. The molecule has 4 N–H and O–H groups in total. The summed E-state index contributed by atoms with van der Waals surface area (Å²) in [6, 6.07) is -1.18. The lowest BCUT2D eigenvalue weighted by Gasteiger charge is -2.13. The molecule has 0 radical (unpaired) electrons. The first-order valence-corrected chi connectivity index (χ1v) is 4.71. The predicted molar refractivity (Wildman–Crippen MR) is 54.6 cm³/mol. The van der Waals surface area contributed by atoms with Gasteiger partial charge in [0.1, 0.15) is 6.04 Å². The summed E-state index contributed by atoms with van der Waals surface area (Å²) in [4.78, 5) is 23.7. The molecule has 0 saturated heterocycles. The molecule has 0 aromatic heterocycles. The first-order chi connectivity index (χ1) is 7.49. The topological polar surface area (TPSA) is 149 Å². The second kappa shape index (κ2) is 7.49. The number of hydrogen-bond acceptors (Lipinski definition) is 4. The van der Waals surface area contributed by atoms with Crippen molar-refractivity contribution in [3.63, 3.8) is 0 Å². The summed E-state index contributed by atoms with van der Waals surface area (Å²) in [5.74, 6) is -3.13. The Labute approximate surface area is 91.7 Å². The summed E-state index contributed by atoms with van der Waals surface area (Å²) in [5.41, 5.74) is 13.2. The first kappa shape index (κ1) is 14.2. The SMILES string of the molecule is [N-]=[N+]=NCCCC(C[C@@H](N)C(=O)O)C(=O)O. The molecule has 16 heavy (non-hydrogen) atoms. The number of azide groups is 1. The van der Waals surface area contributed by atoms with Crippen LogP contribution >= 0.6 is 0 Å². The molecule has 2 atom stereocenters. The van der Waals surface area contributed by atoms with Crippen LogP contribution in [0.3, 0.4) is 0 Å². The van der Waals surface area contributed by atoms with Gasteiger partial charge in [-0.2, -0.15) is 0 Å². The molecule has 0 saturated carbocycles. The Morgan fingerprint density at radius 3 is 2.44 bits per heavy atom. The Morgan fingerprint density at radius 1 is 1.38 bits per heavy atom. The molecule has 0 aliphatic rings. The highest BCUT2D eigenvalue weighted by Crippen LogP contribution is 2.13. The van der Waals surface area contributed by atoms with E-state index in [4.69, 9.17) is 21.5 Å². The molecule has 8 nitrogen and oxygen atoms in total. The lowest BCUT2D eigenvalue weighted by molar-refractivity contribution is -0.143. The molecular weight excluding hydrogens is 216 g/mol. The molecule has 90 valence electrons. The maximum Gasteiger partial charge on any atom is 0.320 e. The van der Waals surface area contributed by atoms with Gasteiger partial charge in [0, 0.05) is 11.5 Å². The monoisotopic (exact) mass is 230 g/mol. The number of rotatable bonds is 8. The van der Waals surface area contributed by atoms with Gasteiger partial charge in [-0.1, -0.05) is 5.11 Å².